The van der Waals surface area contributed by atoms with Gasteiger partial charge in [0.2, 0.25) is 0 Å². The van der Waals surface area contributed by atoms with E-state index in [0.29, 0.717) is 16.9 Å². The Morgan fingerprint density at radius 3 is 2.03 bits per heavy atom. The molecule has 0 aliphatic carbocycles. The highest BCUT2D eigenvalue weighted by Crippen LogP contribution is 2.21. The van der Waals surface area contributed by atoms with Gasteiger partial charge >= 0.3 is 0 Å². The van der Waals surface area contributed by atoms with E-state index in [1.807, 2.05) is 6.92 Å². The van der Waals surface area contributed by atoms with Gasteiger partial charge in [0.25, 0.3) is 11.8 Å². The molecule has 0 saturated heterocycles. The molecule has 3 rings (SSSR count). The van der Waals surface area contributed by atoms with Gasteiger partial charge in [-0.15, -0.1) is 0 Å². The van der Waals surface area contributed by atoms with Crippen molar-refractivity contribution in [3.05, 3.63) is 82.9 Å². The van der Waals surface area contributed by atoms with Crippen LogP contribution >= 0.6 is 0 Å². The van der Waals surface area contributed by atoms with Gasteiger partial charge in [-0.3, -0.25) is 20.4 Å². The second kappa shape index (κ2) is 8.11. The highest BCUT2D eigenvalue weighted by Gasteiger charge is 2.18. The summed E-state index contributed by atoms with van der Waals surface area (Å²) in [7, 11) is -3.36. The summed E-state index contributed by atoms with van der Waals surface area (Å²) in [5.74, 6) is -1.46. The molecule has 0 fully saturated rings. The normalized spacial score (nSPS) is 11.2. The van der Waals surface area contributed by atoms with Crippen LogP contribution in [0.25, 0.3) is 5.69 Å². The van der Waals surface area contributed by atoms with Crippen molar-refractivity contribution < 1.29 is 22.4 Å². The first kappa shape index (κ1) is 21.3. The van der Waals surface area contributed by atoms with E-state index >= 15 is 0 Å². The maximum atomic E-state index is 13.2. The Morgan fingerprint density at radius 2 is 1.47 bits per heavy atom. The molecule has 0 spiro atoms. The fourth-order valence-electron chi connectivity index (χ4n) is 3.09. The summed E-state index contributed by atoms with van der Waals surface area (Å²) in [4.78, 5) is 24.9. The standard InChI is InChI=1S/C21H20FN3O4S/c1-13-12-19(14(2)25(13)17-8-6-16(22)7-9-17)21(27)24-23-20(26)15-4-10-18(11-5-15)30(3,28)29/h4-12H,1-3H3,(H,23,26)(H,24,27). The van der Waals surface area contributed by atoms with Crippen LogP contribution in [0.15, 0.2) is 59.5 Å². The fraction of sp³-hybridized carbons (Fsp3) is 0.143. The number of aryl methyl sites for hydroxylation is 1. The summed E-state index contributed by atoms with van der Waals surface area (Å²) >= 11 is 0. The van der Waals surface area contributed by atoms with Crippen molar-refractivity contribution in [2.24, 2.45) is 0 Å². The third kappa shape index (κ3) is 4.41. The number of aromatic nitrogens is 1. The predicted octanol–water partition coefficient (Wildman–Crippen LogP) is 2.71. The molecule has 9 heteroatoms. The molecule has 0 unspecified atom stereocenters. The molecule has 2 aromatic carbocycles. The molecule has 0 radical (unpaired) electrons. The lowest BCUT2D eigenvalue weighted by molar-refractivity contribution is 0.0846. The quantitative estimate of drug-likeness (QED) is 0.623. The van der Waals surface area contributed by atoms with Gasteiger partial charge in [0.1, 0.15) is 5.82 Å². The number of sulfone groups is 1. The number of amides is 2. The number of benzene rings is 2. The molecule has 1 aromatic heterocycles. The first-order valence-electron chi connectivity index (χ1n) is 8.93. The molecule has 30 heavy (non-hydrogen) atoms. The molecule has 0 aliphatic heterocycles. The maximum Gasteiger partial charge on any atom is 0.271 e. The Balaban J connectivity index is 1.73. The molecule has 2 amide bonds. The molecule has 3 aromatic rings. The minimum atomic E-state index is -3.36. The Morgan fingerprint density at radius 1 is 0.900 bits per heavy atom. The number of nitrogens with one attached hydrogen (secondary N) is 2. The van der Waals surface area contributed by atoms with E-state index in [4.69, 9.17) is 0 Å². The van der Waals surface area contributed by atoms with Crippen LogP contribution in [-0.2, 0) is 9.84 Å². The van der Waals surface area contributed by atoms with Crippen molar-refractivity contribution in [1.82, 2.24) is 15.4 Å². The van der Waals surface area contributed by atoms with Gasteiger partial charge in [0, 0.05) is 28.9 Å². The van der Waals surface area contributed by atoms with Crippen LogP contribution in [0.3, 0.4) is 0 Å². The van der Waals surface area contributed by atoms with E-state index < -0.39 is 21.7 Å². The number of hydrazine groups is 1. The zero-order valence-corrected chi connectivity index (χ0v) is 17.4. The average molecular weight is 429 g/mol. The van der Waals surface area contributed by atoms with Gasteiger partial charge in [-0.05, 0) is 68.4 Å². The summed E-state index contributed by atoms with van der Waals surface area (Å²) in [5, 5.41) is 0. The molecule has 7 nitrogen and oxygen atoms in total. The summed E-state index contributed by atoms with van der Waals surface area (Å²) < 4.78 is 38.0. The molecule has 2 N–H and O–H groups in total. The highest BCUT2D eigenvalue weighted by atomic mass is 32.2. The zero-order chi connectivity index (χ0) is 22.1. The van der Waals surface area contributed by atoms with Crippen LogP contribution in [0.5, 0.6) is 0 Å². The van der Waals surface area contributed by atoms with Crippen molar-refractivity contribution in [1.29, 1.82) is 0 Å². The van der Waals surface area contributed by atoms with Gasteiger partial charge in [-0.1, -0.05) is 0 Å². The van der Waals surface area contributed by atoms with E-state index in [1.54, 1.807) is 29.7 Å². The number of nitrogens with zero attached hydrogens (tertiary/aromatic N) is 1. The third-order valence-corrected chi connectivity index (χ3v) is 5.72. The SMILES string of the molecule is Cc1cc(C(=O)NNC(=O)c2ccc(S(C)(=O)=O)cc2)c(C)n1-c1ccc(F)cc1. The summed E-state index contributed by atoms with van der Waals surface area (Å²) in [5.41, 5.74) is 7.32. The van der Waals surface area contributed by atoms with Crippen LogP contribution in [-0.4, -0.2) is 31.1 Å². The molecule has 0 bridgehead atoms. The third-order valence-electron chi connectivity index (χ3n) is 4.59. The first-order chi connectivity index (χ1) is 14.1. The van der Waals surface area contributed by atoms with Crippen LogP contribution in [0.1, 0.15) is 32.1 Å². The Hall–Kier alpha value is -3.46. The van der Waals surface area contributed by atoms with Gasteiger partial charge in [-0.2, -0.15) is 0 Å². The lowest BCUT2D eigenvalue weighted by Gasteiger charge is -2.10. The predicted molar refractivity (Wildman–Crippen MR) is 110 cm³/mol. The first-order valence-corrected chi connectivity index (χ1v) is 10.8. The molecular formula is C21H20FN3O4S. The van der Waals surface area contributed by atoms with Crippen LogP contribution in [0, 0.1) is 19.7 Å². The van der Waals surface area contributed by atoms with E-state index in [9.17, 15) is 22.4 Å². The molecule has 156 valence electrons. The second-order valence-corrected chi connectivity index (χ2v) is 8.82. The molecule has 1 heterocycles. The van der Waals surface area contributed by atoms with Gasteiger partial charge in [0.15, 0.2) is 9.84 Å². The zero-order valence-electron chi connectivity index (χ0n) is 16.6. The molecule has 0 saturated carbocycles. The lowest BCUT2D eigenvalue weighted by Crippen LogP contribution is -2.41. The molecule has 0 atom stereocenters. The van der Waals surface area contributed by atoms with E-state index in [2.05, 4.69) is 10.9 Å². The van der Waals surface area contributed by atoms with E-state index in [-0.39, 0.29) is 16.3 Å². The summed E-state index contributed by atoms with van der Waals surface area (Å²) in [6.45, 7) is 3.56. The minimum Gasteiger partial charge on any atom is -0.318 e. The smallest absolute Gasteiger partial charge is 0.271 e. The van der Waals surface area contributed by atoms with Crippen molar-refractivity contribution in [3.8, 4) is 5.69 Å². The van der Waals surface area contributed by atoms with Crippen LogP contribution < -0.4 is 10.9 Å². The van der Waals surface area contributed by atoms with E-state index in [1.165, 1.54) is 36.4 Å². The van der Waals surface area contributed by atoms with Crippen molar-refractivity contribution >= 4 is 21.7 Å². The lowest BCUT2D eigenvalue weighted by atomic mass is 10.2. The highest BCUT2D eigenvalue weighted by molar-refractivity contribution is 7.90. The summed E-state index contributed by atoms with van der Waals surface area (Å²) in [6.07, 6.45) is 1.07. The number of carbonyl (C=O) groups excluding carboxylic acids is 2. The van der Waals surface area contributed by atoms with E-state index in [0.717, 1.165) is 11.9 Å². The molecule has 0 aliphatic rings. The monoisotopic (exact) mass is 429 g/mol. The number of hydrogen-bond donors (Lipinski definition) is 2. The Kier molecular flexibility index (Phi) is 5.75. The average Bonchev–Trinajstić information content (AvgIpc) is 3.00. The van der Waals surface area contributed by atoms with Gasteiger partial charge in [0.05, 0.1) is 10.5 Å². The van der Waals surface area contributed by atoms with Crippen LogP contribution in [0.4, 0.5) is 4.39 Å². The van der Waals surface area contributed by atoms with Crippen molar-refractivity contribution in [3.63, 3.8) is 0 Å². The largest absolute Gasteiger partial charge is 0.318 e. The maximum absolute atomic E-state index is 13.2. The fourth-order valence-corrected chi connectivity index (χ4v) is 3.72. The Bertz CT molecular complexity index is 1210. The summed E-state index contributed by atoms with van der Waals surface area (Å²) in [6, 6.07) is 12.9. The van der Waals surface area contributed by atoms with Crippen molar-refractivity contribution in [2.75, 3.05) is 6.26 Å². The van der Waals surface area contributed by atoms with Gasteiger partial charge in [-0.25, -0.2) is 12.8 Å². The Labute approximate surface area is 173 Å². The van der Waals surface area contributed by atoms with Gasteiger partial charge < -0.3 is 4.57 Å². The van der Waals surface area contributed by atoms with Crippen molar-refractivity contribution in [2.45, 2.75) is 18.7 Å². The number of rotatable bonds is 4. The number of hydrogen-bond acceptors (Lipinski definition) is 4. The second-order valence-electron chi connectivity index (χ2n) is 6.80. The molecular weight excluding hydrogens is 409 g/mol. The van der Waals surface area contributed by atoms with Crippen LogP contribution in [0.2, 0.25) is 0 Å². The number of carbonyl (C=O) groups is 2. The number of halogens is 1. The minimum absolute atomic E-state index is 0.0938. The topological polar surface area (TPSA) is 97.3 Å².